The molecule has 211 valence electrons. The van der Waals surface area contributed by atoms with E-state index in [1.165, 1.54) is 44.8 Å². The second kappa shape index (κ2) is 18.5. The molecule has 3 rings (SSSR count). The smallest absolute Gasteiger partial charge is 1.00 e. The van der Waals surface area contributed by atoms with Crippen molar-refractivity contribution in [2.45, 2.75) is 67.3 Å². The van der Waals surface area contributed by atoms with Crippen LogP contribution in [0.25, 0.3) is 0 Å². The van der Waals surface area contributed by atoms with E-state index in [-0.39, 0.29) is 41.6 Å². The zero-order chi connectivity index (χ0) is 25.2. The second-order valence-corrected chi connectivity index (χ2v) is 9.57. The zero-order valence-corrected chi connectivity index (χ0v) is 26.3. The van der Waals surface area contributed by atoms with E-state index in [2.05, 4.69) is 98.5 Å². The summed E-state index contributed by atoms with van der Waals surface area (Å²) in [5, 5.41) is 7.50. The van der Waals surface area contributed by atoms with Crippen molar-refractivity contribution in [1.29, 1.82) is 0 Å². The van der Waals surface area contributed by atoms with Gasteiger partial charge >= 0.3 is 16.8 Å². The van der Waals surface area contributed by atoms with E-state index in [1.54, 1.807) is 0 Å². The van der Waals surface area contributed by atoms with Crippen LogP contribution in [0.4, 0.5) is 11.4 Å². The van der Waals surface area contributed by atoms with Crippen LogP contribution in [0.2, 0.25) is 0 Å². The minimum Gasteiger partial charge on any atom is -1.00 e. The van der Waals surface area contributed by atoms with Gasteiger partial charge in [-0.15, -0.1) is 0 Å². The van der Waals surface area contributed by atoms with Crippen LogP contribution in [0.5, 0.6) is 0 Å². The molecule has 0 spiro atoms. The molecular weight excluding hydrogens is 558 g/mol. The number of anilines is 2. The molecule has 0 saturated heterocycles. The Morgan fingerprint density at radius 1 is 0.737 bits per heavy atom. The summed E-state index contributed by atoms with van der Waals surface area (Å²) in [4.78, 5) is 7.08. The van der Waals surface area contributed by atoms with E-state index in [0.717, 1.165) is 57.7 Å². The molecule has 1 radical (unpaired) electrons. The normalized spacial score (nSPS) is 10.3. The Kier molecular flexibility index (Phi) is 17.7. The Bertz CT molecular complexity index is 1040. The van der Waals surface area contributed by atoms with E-state index in [1.807, 2.05) is 12.3 Å². The summed E-state index contributed by atoms with van der Waals surface area (Å²) < 4.78 is 0. The van der Waals surface area contributed by atoms with Gasteiger partial charge in [0.05, 0.1) is 5.69 Å². The molecule has 0 fully saturated rings. The molecule has 0 aliphatic heterocycles. The topological polar surface area (TPSA) is 40.2 Å². The summed E-state index contributed by atoms with van der Waals surface area (Å²) in [7, 11) is 0. The van der Waals surface area contributed by atoms with Crippen LogP contribution in [0.3, 0.4) is 0 Å². The Balaban J connectivity index is 0.00000456. The molecule has 1 heterocycles. The molecule has 2 aromatic carbocycles. The van der Waals surface area contributed by atoms with Gasteiger partial charge in [0.15, 0.2) is 0 Å². The van der Waals surface area contributed by atoms with Crippen molar-refractivity contribution >= 4 is 11.4 Å². The molecule has 4 nitrogen and oxygen atoms in total. The number of benzene rings is 2. The maximum atomic E-state index is 4.58. The third kappa shape index (κ3) is 10.4. The quantitative estimate of drug-likeness (QED) is 0.303. The number of halogens is 2. The molecular formula is C31H44Cl2CoN4. The van der Waals surface area contributed by atoms with Crippen molar-refractivity contribution in [3.05, 3.63) is 87.7 Å². The zero-order valence-electron chi connectivity index (χ0n) is 23.8. The van der Waals surface area contributed by atoms with Crippen LogP contribution in [0.15, 0.2) is 48.7 Å². The summed E-state index contributed by atoms with van der Waals surface area (Å²) >= 11 is 0. The second-order valence-electron chi connectivity index (χ2n) is 9.57. The van der Waals surface area contributed by atoms with Gasteiger partial charge in [0.25, 0.3) is 0 Å². The fourth-order valence-electron chi connectivity index (χ4n) is 4.96. The third-order valence-electron chi connectivity index (χ3n) is 6.78. The molecule has 0 aliphatic carbocycles. The average Bonchev–Trinajstić information content (AvgIpc) is 2.85. The van der Waals surface area contributed by atoms with Crippen molar-refractivity contribution in [3.8, 4) is 0 Å². The number of aryl methyl sites for hydroxylation is 6. The standard InChI is InChI=1S/C31H44N4.2ClH.Co/c1-7-26-20-27(8-2)31(28(9-3)21-26)34-15-17-35(22-29-12-10-11-13-32-29)16-14-33-30-24(5)18-23(4)19-25(30)6;;;/h10-13,18-21,33-34H,7-9,14-17,22H2,1-6H3;2*1H;/q;;;+2/p-2. The van der Waals surface area contributed by atoms with E-state index in [9.17, 15) is 0 Å². The fourth-order valence-corrected chi connectivity index (χ4v) is 4.96. The van der Waals surface area contributed by atoms with E-state index in [4.69, 9.17) is 0 Å². The largest absolute Gasteiger partial charge is 2.00 e. The first-order valence-corrected chi connectivity index (χ1v) is 13.3. The predicted molar refractivity (Wildman–Crippen MR) is 152 cm³/mol. The SMILES string of the molecule is CCc1cc(CC)c(NCCN(CCNc2c(C)cc(C)cc2C)Cc2ccccn2)c(CC)c1.[Cl-].[Cl-].[Co+2]. The molecule has 0 amide bonds. The number of nitrogens with zero attached hydrogens (tertiary/aromatic N) is 2. The summed E-state index contributed by atoms with van der Waals surface area (Å²) in [6.45, 7) is 17.9. The molecule has 38 heavy (non-hydrogen) atoms. The van der Waals surface area contributed by atoms with Crippen molar-refractivity contribution in [1.82, 2.24) is 9.88 Å². The molecule has 0 saturated carbocycles. The molecule has 1 aromatic heterocycles. The Morgan fingerprint density at radius 2 is 1.29 bits per heavy atom. The third-order valence-corrected chi connectivity index (χ3v) is 6.78. The number of hydrogen-bond acceptors (Lipinski definition) is 4. The van der Waals surface area contributed by atoms with Gasteiger partial charge in [0, 0.05) is 50.3 Å². The Hall–Kier alpha value is -1.76. The number of rotatable bonds is 13. The molecule has 0 atom stereocenters. The van der Waals surface area contributed by atoms with Gasteiger partial charge in [-0.05, 0) is 80.0 Å². The number of nitrogens with one attached hydrogen (secondary N) is 2. The minimum absolute atomic E-state index is 0. The molecule has 0 unspecified atom stereocenters. The summed E-state index contributed by atoms with van der Waals surface area (Å²) in [5.41, 5.74) is 12.0. The van der Waals surface area contributed by atoms with Crippen LogP contribution in [0.1, 0.15) is 59.8 Å². The van der Waals surface area contributed by atoms with Gasteiger partial charge in [-0.25, -0.2) is 0 Å². The van der Waals surface area contributed by atoms with Crippen LogP contribution in [-0.2, 0) is 42.6 Å². The minimum atomic E-state index is 0. The Morgan fingerprint density at radius 3 is 1.76 bits per heavy atom. The number of pyridine rings is 1. The van der Waals surface area contributed by atoms with Crippen LogP contribution < -0.4 is 35.4 Å². The number of hydrogen-bond donors (Lipinski definition) is 2. The first-order chi connectivity index (χ1) is 16.9. The van der Waals surface area contributed by atoms with Gasteiger partial charge in [-0.2, -0.15) is 0 Å². The monoisotopic (exact) mass is 601 g/mol. The van der Waals surface area contributed by atoms with Crippen LogP contribution >= 0.6 is 0 Å². The molecule has 0 bridgehead atoms. The average molecular weight is 603 g/mol. The summed E-state index contributed by atoms with van der Waals surface area (Å²) in [6.07, 6.45) is 5.09. The molecule has 2 N–H and O–H groups in total. The van der Waals surface area contributed by atoms with Gasteiger partial charge in [0.1, 0.15) is 0 Å². The molecule has 3 aromatic rings. The molecule has 0 aliphatic rings. The first-order valence-electron chi connectivity index (χ1n) is 13.3. The van der Waals surface area contributed by atoms with Crippen LogP contribution in [0, 0.1) is 20.8 Å². The van der Waals surface area contributed by atoms with E-state index >= 15 is 0 Å². The maximum absolute atomic E-state index is 4.58. The van der Waals surface area contributed by atoms with Gasteiger partial charge < -0.3 is 35.4 Å². The van der Waals surface area contributed by atoms with Crippen LogP contribution in [-0.4, -0.2) is 36.1 Å². The van der Waals surface area contributed by atoms with Gasteiger partial charge in [-0.3, -0.25) is 9.88 Å². The number of aromatic nitrogens is 1. The van der Waals surface area contributed by atoms with E-state index < -0.39 is 0 Å². The van der Waals surface area contributed by atoms with Gasteiger partial charge in [-0.1, -0.05) is 56.7 Å². The first kappa shape index (κ1) is 36.2. The van der Waals surface area contributed by atoms with Crippen molar-refractivity contribution in [2.75, 3.05) is 36.8 Å². The Labute approximate surface area is 253 Å². The van der Waals surface area contributed by atoms with Crippen molar-refractivity contribution in [3.63, 3.8) is 0 Å². The maximum Gasteiger partial charge on any atom is 2.00 e. The summed E-state index contributed by atoms with van der Waals surface area (Å²) in [6, 6.07) is 15.4. The molecule has 7 heteroatoms. The fraction of sp³-hybridized carbons (Fsp3) is 0.452. The summed E-state index contributed by atoms with van der Waals surface area (Å²) in [5.74, 6) is 0. The predicted octanol–water partition coefficient (Wildman–Crippen LogP) is 0.726. The van der Waals surface area contributed by atoms with Crippen molar-refractivity contribution < 1.29 is 41.6 Å². The van der Waals surface area contributed by atoms with Gasteiger partial charge in [0.2, 0.25) is 0 Å². The van der Waals surface area contributed by atoms with E-state index in [0.29, 0.717) is 0 Å². The van der Waals surface area contributed by atoms with Crippen molar-refractivity contribution in [2.24, 2.45) is 0 Å².